The molecular weight excluding hydrogens is 296 g/mol. The molecular formula is C17H22N2O4. The number of rotatable bonds is 7. The number of nitrogens with one attached hydrogen (secondary N) is 1. The molecule has 6 heteroatoms. The smallest absolute Gasteiger partial charge is 0.326 e. The molecule has 0 aliphatic carbocycles. The van der Waals surface area contributed by atoms with Gasteiger partial charge in [0, 0.05) is 17.1 Å². The highest BCUT2D eigenvalue weighted by molar-refractivity contribution is 5.86. The lowest BCUT2D eigenvalue weighted by molar-refractivity contribution is -0.143. The number of fused-ring (bicyclic) bond motifs is 1. The lowest BCUT2D eigenvalue weighted by Crippen LogP contribution is -2.46. The molecule has 1 amide bonds. The highest BCUT2D eigenvalue weighted by atomic mass is 16.5. The first-order valence-electron chi connectivity index (χ1n) is 7.61. The third-order valence-electron chi connectivity index (χ3n) is 4.09. The average Bonchev–Trinajstić information content (AvgIpc) is 2.93. The lowest BCUT2D eigenvalue weighted by atomic mass is 9.99. The minimum Gasteiger partial charge on any atom is -0.497 e. The Morgan fingerprint density at radius 1 is 1.35 bits per heavy atom. The highest BCUT2D eigenvalue weighted by Crippen LogP contribution is 2.21. The van der Waals surface area contributed by atoms with Crippen LogP contribution in [0.1, 0.15) is 20.3 Å². The van der Waals surface area contributed by atoms with Gasteiger partial charge in [0.1, 0.15) is 18.3 Å². The van der Waals surface area contributed by atoms with Gasteiger partial charge in [-0.1, -0.05) is 20.3 Å². The molecule has 23 heavy (non-hydrogen) atoms. The average molecular weight is 318 g/mol. The van der Waals surface area contributed by atoms with Crippen molar-refractivity contribution in [3.05, 3.63) is 30.5 Å². The quantitative estimate of drug-likeness (QED) is 0.820. The summed E-state index contributed by atoms with van der Waals surface area (Å²) in [7, 11) is 1.60. The van der Waals surface area contributed by atoms with E-state index in [2.05, 4.69) is 5.32 Å². The second-order valence-corrected chi connectivity index (χ2v) is 5.64. The first kappa shape index (κ1) is 16.9. The first-order chi connectivity index (χ1) is 11.0. The maximum absolute atomic E-state index is 12.2. The summed E-state index contributed by atoms with van der Waals surface area (Å²) in [6.45, 7) is 3.80. The van der Waals surface area contributed by atoms with Crippen LogP contribution in [0.2, 0.25) is 0 Å². The van der Waals surface area contributed by atoms with Crippen molar-refractivity contribution in [3.8, 4) is 5.75 Å². The van der Waals surface area contributed by atoms with Crippen molar-refractivity contribution in [2.24, 2.45) is 5.92 Å². The SMILES string of the molecule is CC[C@H](C)[C@@H](NC(=O)Cn1ccc2cc(OC)ccc21)C(=O)O. The molecule has 0 spiro atoms. The predicted molar refractivity (Wildman–Crippen MR) is 87.5 cm³/mol. The number of carbonyl (C=O) groups excluding carboxylic acids is 1. The van der Waals surface area contributed by atoms with Crippen LogP contribution in [0.25, 0.3) is 10.9 Å². The molecule has 1 aromatic heterocycles. The maximum atomic E-state index is 12.2. The Hall–Kier alpha value is -2.50. The zero-order valence-corrected chi connectivity index (χ0v) is 13.6. The summed E-state index contributed by atoms with van der Waals surface area (Å²) in [6.07, 6.45) is 2.49. The number of methoxy groups -OCH3 is 1. The summed E-state index contributed by atoms with van der Waals surface area (Å²) < 4.78 is 6.97. The first-order valence-corrected chi connectivity index (χ1v) is 7.61. The number of aliphatic carboxylic acids is 1. The summed E-state index contributed by atoms with van der Waals surface area (Å²) >= 11 is 0. The number of hydrogen-bond acceptors (Lipinski definition) is 3. The number of carboxylic acid groups (broad SMARTS) is 1. The molecule has 0 unspecified atom stereocenters. The van der Waals surface area contributed by atoms with E-state index in [0.717, 1.165) is 16.7 Å². The molecule has 2 rings (SSSR count). The number of nitrogens with zero attached hydrogens (tertiary/aromatic N) is 1. The van der Waals surface area contributed by atoms with Gasteiger partial charge in [-0.3, -0.25) is 4.79 Å². The van der Waals surface area contributed by atoms with E-state index in [1.807, 2.05) is 44.3 Å². The van der Waals surface area contributed by atoms with Crippen LogP contribution in [-0.4, -0.2) is 34.7 Å². The fourth-order valence-electron chi connectivity index (χ4n) is 2.50. The van der Waals surface area contributed by atoms with Gasteiger partial charge in [0.25, 0.3) is 0 Å². The van der Waals surface area contributed by atoms with Crippen molar-refractivity contribution in [1.29, 1.82) is 0 Å². The van der Waals surface area contributed by atoms with Crippen molar-refractivity contribution in [1.82, 2.24) is 9.88 Å². The van der Waals surface area contributed by atoms with E-state index in [-0.39, 0.29) is 18.4 Å². The number of hydrogen-bond donors (Lipinski definition) is 2. The Kier molecular flexibility index (Phi) is 5.26. The summed E-state index contributed by atoms with van der Waals surface area (Å²) in [4.78, 5) is 23.5. The van der Waals surface area contributed by atoms with E-state index in [9.17, 15) is 14.7 Å². The molecule has 0 fully saturated rings. The van der Waals surface area contributed by atoms with E-state index in [1.165, 1.54) is 0 Å². The Morgan fingerprint density at radius 2 is 2.09 bits per heavy atom. The molecule has 0 saturated carbocycles. The normalized spacial score (nSPS) is 13.5. The fourth-order valence-corrected chi connectivity index (χ4v) is 2.50. The van der Waals surface area contributed by atoms with E-state index in [1.54, 1.807) is 11.7 Å². The van der Waals surface area contributed by atoms with Crippen LogP contribution < -0.4 is 10.1 Å². The minimum atomic E-state index is -1.00. The van der Waals surface area contributed by atoms with Crippen LogP contribution in [0.4, 0.5) is 0 Å². The number of carboxylic acids is 1. The highest BCUT2D eigenvalue weighted by Gasteiger charge is 2.25. The number of amides is 1. The zero-order chi connectivity index (χ0) is 17.0. The zero-order valence-electron chi connectivity index (χ0n) is 13.6. The van der Waals surface area contributed by atoms with Crippen molar-refractivity contribution < 1.29 is 19.4 Å². The van der Waals surface area contributed by atoms with Crippen molar-refractivity contribution in [2.75, 3.05) is 7.11 Å². The van der Waals surface area contributed by atoms with Crippen LogP contribution in [0.5, 0.6) is 5.75 Å². The fraction of sp³-hybridized carbons (Fsp3) is 0.412. The second kappa shape index (κ2) is 7.17. The van der Waals surface area contributed by atoms with Crippen molar-refractivity contribution >= 4 is 22.8 Å². The van der Waals surface area contributed by atoms with Crippen molar-refractivity contribution in [3.63, 3.8) is 0 Å². The van der Waals surface area contributed by atoms with Crippen LogP contribution in [0, 0.1) is 5.92 Å². The molecule has 0 aliphatic heterocycles. The van der Waals surface area contributed by atoms with Crippen LogP contribution in [-0.2, 0) is 16.1 Å². The van der Waals surface area contributed by atoms with Gasteiger partial charge >= 0.3 is 5.97 Å². The van der Waals surface area contributed by atoms with Crippen LogP contribution in [0.15, 0.2) is 30.5 Å². The lowest BCUT2D eigenvalue weighted by Gasteiger charge is -2.20. The molecule has 1 heterocycles. The molecule has 0 radical (unpaired) electrons. The Balaban J connectivity index is 2.12. The molecule has 1 aromatic carbocycles. The summed E-state index contributed by atoms with van der Waals surface area (Å²) in [5.41, 5.74) is 0.899. The molecule has 0 saturated heterocycles. The van der Waals surface area contributed by atoms with Gasteiger partial charge in [0.15, 0.2) is 0 Å². The topological polar surface area (TPSA) is 80.6 Å². The van der Waals surface area contributed by atoms with Gasteiger partial charge < -0.3 is 19.7 Å². The third-order valence-corrected chi connectivity index (χ3v) is 4.09. The largest absolute Gasteiger partial charge is 0.497 e. The monoisotopic (exact) mass is 318 g/mol. The predicted octanol–water partition coefficient (Wildman–Crippen LogP) is 2.27. The number of ether oxygens (including phenoxy) is 1. The Bertz CT molecular complexity index is 708. The molecule has 6 nitrogen and oxygen atoms in total. The van der Waals surface area contributed by atoms with Gasteiger partial charge in [0.05, 0.1) is 7.11 Å². The van der Waals surface area contributed by atoms with E-state index >= 15 is 0 Å². The summed E-state index contributed by atoms with van der Waals surface area (Å²) in [5, 5.41) is 12.8. The van der Waals surface area contributed by atoms with Gasteiger partial charge in [-0.15, -0.1) is 0 Å². The van der Waals surface area contributed by atoms with Gasteiger partial charge in [0.2, 0.25) is 5.91 Å². The van der Waals surface area contributed by atoms with Gasteiger partial charge in [-0.05, 0) is 30.2 Å². The standard InChI is InChI=1S/C17H22N2O4/c1-4-11(2)16(17(21)22)18-15(20)10-19-8-7-12-9-13(23-3)5-6-14(12)19/h5-9,11,16H,4,10H2,1-3H3,(H,18,20)(H,21,22)/t11-,16+/m0/s1. The maximum Gasteiger partial charge on any atom is 0.326 e. The Labute approximate surface area is 135 Å². The van der Waals surface area contributed by atoms with Crippen LogP contribution in [0.3, 0.4) is 0 Å². The number of benzene rings is 1. The van der Waals surface area contributed by atoms with Gasteiger partial charge in [-0.2, -0.15) is 0 Å². The van der Waals surface area contributed by atoms with E-state index < -0.39 is 12.0 Å². The molecule has 0 bridgehead atoms. The molecule has 2 aromatic rings. The van der Waals surface area contributed by atoms with Gasteiger partial charge in [-0.25, -0.2) is 4.79 Å². The molecule has 2 atom stereocenters. The second-order valence-electron chi connectivity index (χ2n) is 5.64. The van der Waals surface area contributed by atoms with E-state index in [4.69, 9.17) is 4.74 Å². The summed E-state index contributed by atoms with van der Waals surface area (Å²) in [6, 6.07) is 6.63. The number of carbonyl (C=O) groups is 2. The van der Waals surface area contributed by atoms with Crippen molar-refractivity contribution in [2.45, 2.75) is 32.9 Å². The summed E-state index contributed by atoms with van der Waals surface area (Å²) in [5.74, 6) is -0.689. The Morgan fingerprint density at radius 3 is 2.70 bits per heavy atom. The molecule has 0 aliphatic rings. The third kappa shape index (κ3) is 3.83. The molecule has 2 N–H and O–H groups in total. The van der Waals surface area contributed by atoms with Crippen LogP contribution >= 0.6 is 0 Å². The number of aromatic nitrogens is 1. The molecule has 124 valence electrons. The minimum absolute atomic E-state index is 0.0794. The van der Waals surface area contributed by atoms with E-state index in [0.29, 0.717) is 6.42 Å².